The summed E-state index contributed by atoms with van der Waals surface area (Å²) in [4.78, 5) is 20.5. The van der Waals surface area contributed by atoms with Gasteiger partial charge in [0, 0.05) is 18.0 Å². The molecule has 2 rings (SSSR count). The van der Waals surface area contributed by atoms with Crippen LogP contribution >= 0.6 is 0 Å². The Kier molecular flexibility index (Phi) is 3.67. The fourth-order valence-corrected chi connectivity index (χ4v) is 1.81. The van der Waals surface area contributed by atoms with Crippen molar-refractivity contribution < 1.29 is 9.53 Å². The van der Waals surface area contributed by atoms with Crippen molar-refractivity contribution in [2.75, 3.05) is 7.11 Å². The molecular weight excluding hydrogens is 228 g/mol. The number of ketones is 1. The van der Waals surface area contributed by atoms with Crippen LogP contribution in [0.4, 0.5) is 0 Å². The van der Waals surface area contributed by atoms with Gasteiger partial charge in [0.15, 0.2) is 5.69 Å². The monoisotopic (exact) mass is 242 g/mol. The maximum absolute atomic E-state index is 12.4. The number of carbonyl (C=O) groups excluding carboxylic acids is 1. The summed E-state index contributed by atoms with van der Waals surface area (Å²) >= 11 is 0. The van der Waals surface area contributed by atoms with Crippen molar-refractivity contribution in [3.05, 3.63) is 53.5 Å². The number of hydrogen-bond acceptors (Lipinski definition) is 4. The second kappa shape index (κ2) is 5.40. The normalized spacial score (nSPS) is 10.1. The molecule has 18 heavy (non-hydrogen) atoms. The Hall–Kier alpha value is -2.23. The average Bonchev–Trinajstić information content (AvgIpc) is 2.46. The molecular formula is C14H14N2O2. The summed E-state index contributed by atoms with van der Waals surface area (Å²) in [6, 6.07) is 7.50. The van der Waals surface area contributed by atoms with E-state index in [1.807, 2.05) is 25.1 Å². The Labute approximate surface area is 106 Å². The van der Waals surface area contributed by atoms with Gasteiger partial charge >= 0.3 is 0 Å². The molecule has 0 fully saturated rings. The quantitative estimate of drug-likeness (QED) is 0.772. The zero-order valence-electron chi connectivity index (χ0n) is 10.4. The summed E-state index contributed by atoms with van der Waals surface area (Å²) in [6.07, 6.45) is 3.79. The minimum absolute atomic E-state index is 0.155. The number of nitrogens with zero attached hydrogens (tertiary/aromatic N) is 2. The van der Waals surface area contributed by atoms with Crippen molar-refractivity contribution in [1.29, 1.82) is 0 Å². The van der Waals surface area contributed by atoms with Gasteiger partial charge in [0.1, 0.15) is 0 Å². The van der Waals surface area contributed by atoms with Gasteiger partial charge in [-0.25, -0.2) is 9.97 Å². The van der Waals surface area contributed by atoms with E-state index in [9.17, 15) is 4.79 Å². The van der Waals surface area contributed by atoms with Gasteiger partial charge in [-0.3, -0.25) is 4.79 Å². The number of aryl methyl sites for hydroxylation is 1. The topological polar surface area (TPSA) is 52.1 Å². The Morgan fingerprint density at radius 1 is 1.22 bits per heavy atom. The molecule has 2 aromatic rings. The maximum atomic E-state index is 12.4. The summed E-state index contributed by atoms with van der Waals surface area (Å²) in [5.41, 5.74) is 1.90. The molecule has 0 spiro atoms. The molecule has 0 aliphatic carbocycles. The lowest BCUT2D eigenvalue weighted by atomic mass is 10.00. The molecule has 1 aromatic carbocycles. The van der Waals surface area contributed by atoms with Crippen LogP contribution in [-0.4, -0.2) is 22.9 Å². The van der Waals surface area contributed by atoms with Gasteiger partial charge in [-0.05, 0) is 12.0 Å². The van der Waals surface area contributed by atoms with Gasteiger partial charge in [-0.15, -0.1) is 0 Å². The van der Waals surface area contributed by atoms with Crippen LogP contribution in [0.1, 0.15) is 28.5 Å². The maximum Gasteiger partial charge on any atom is 0.243 e. The highest BCUT2D eigenvalue weighted by molar-refractivity contribution is 6.09. The number of rotatable bonds is 4. The molecule has 0 amide bonds. The van der Waals surface area contributed by atoms with Gasteiger partial charge in [0.25, 0.3) is 0 Å². The predicted molar refractivity (Wildman–Crippen MR) is 67.8 cm³/mol. The van der Waals surface area contributed by atoms with E-state index in [0.717, 1.165) is 12.0 Å². The molecule has 4 heteroatoms. The van der Waals surface area contributed by atoms with Crippen molar-refractivity contribution in [2.45, 2.75) is 13.3 Å². The molecule has 0 aliphatic heterocycles. The Bertz CT molecular complexity index is 518. The molecule has 0 N–H and O–H groups in total. The summed E-state index contributed by atoms with van der Waals surface area (Å²) in [6.45, 7) is 2.01. The number of aromatic nitrogens is 2. The molecule has 0 bridgehead atoms. The van der Waals surface area contributed by atoms with Gasteiger partial charge in [0.2, 0.25) is 11.7 Å². The molecule has 92 valence electrons. The fraction of sp³-hybridized carbons (Fsp3) is 0.214. The number of benzene rings is 1. The first-order valence-electron chi connectivity index (χ1n) is 5.75. The second-order valence-electron chi connectivity index (χ2n) is 3.75. The first kappa shape index (κ1) is 12.2. The Morgan fingerprint density at radius 3 is 2.67 bits per heavy atom. The van der Waals surface area contributed by atoms with Crippen LogP contribution in [0.25, 0.3) is 0 Å². The lowest BCUT2D eigenvalue weighted by molar-refractivity contribution is 0.102. The first-order chi connectivity index (χ1) is 8.77. The zero-order chi connectivity index (χ0) is 13.0. The van der Waals surface area contributed by atoms with Crippen LogP contribution in [0.15, 0.2) is 36.7 Å². The molecule has 1 aromatic heterocycles. The Morgan fingerprint density at radius 2 is 1.94 bits per heavy atom. The van der Waals surface area contributed by atoms with Crippen LogP contribution in [-0.2, 0) is 6.42 Å². The van der Waals surface area contributed by atoms with E-state index >= 15 is 0 Å². The highest BCUT2D eigenvalue weighted by Gasteiger charge is 2.18. The number of methoxy groups -OCH3 is 1. The number of carbonyl (C=O) groups is 1. The summed E-state index contributed by atoms with van der Waals surface area (Å²) in [7, 11) is 1.48. The zero-order valence-corrected chi connectivity index (χ0v) is 10.4. The van der Waals surface area contributed by atoms with Crippen molar-refractivity contribution in [3.63, 3.8) is 0 Å². The van der Waals surface area contributed by atoms with Gasteiger partial charge in [0.05, 0.1) is 7.11 Å². The molecule has 0 atom stereocenters. The molecule has 0 saturated carbocycles. The van der Waals surface area contributed by atoms with E-state index < -0.39 is 0 Å². The fourth-order valence-electron chi connectivity index (χ4n) is 1.81. The van der Waals surface area contributed by atoms with Gasteiger partial charge < -0.3 is 4.74 Å². The van der Waals surface area contributed by atoms with E-state index in [2.05, 4.69) is 9.97 Å². The van der Waals surface area contributed by atoms with Gasteiger partial charge in [-0.1, -0.05) is 31.2 Å². The number of ether oxygens (including phenoxy) is 1. The minimum atomic E-state index is -0.155. The predicted octanol–water partition coefficient (Wildman–Crippen LogP) is 2.28. The third-order valence-electron chi connectivity index (χ3n) is 2.72. The lowest BCUT2D eigenvalue weighted by Crippen LogP contribution is -2.09. The molecule has 0 radical (unpaired) electrons. The van der Waals surface area contributed by atoms with Gasteiger partial charge in [-0.2, -0.15) is 0 Å². The molecule has 4 nitrogen and oxygen atoms in total. The van der Waals surface area contributed by atoms with Crippen molar-refractivity contribution >= 4 is 5.78 Å². The van der Waals surface area contributed by atoms with E-state index in [0.29, 0.717) is 5.56 Å². The summed E-state index contributed by atoms with van der Waals surface area (Å²) in [5, 5.41) is 0. The van der Waals surface area contributed by atoms with Crippen molar-refractivity contribution in [2.24, 2.45) is 0 Å². The standard InChI is InChI=1S/C14H14N2O2/c1-3-10-6-4-5-7-11(10)13(17)12-14(18-2)16-9-8-15-12/h4-9H,3H2,1-2H3. The third kappa shape index (κ3) is 2.22. The molecule has 0 aliphatic rings. The van der Waals surface area contributed by atoms with E-state index in [1.54, 1.807) is 6.07 Å². The van der Waals surface area contributed by atoms with E-state index in [4.69, 9.17) is 4.74 Å². The van der Waals surface area contributed by atoms with E-state index in [-0.39, 0.29) is 17.4 Å². The lowest BCUT2D eigenvalue weighted by Gasteiger charge is -2.08. The SMILES string of the molecule is CCc1ccccc1C(=O)c1nccnc1OC. The van der Waals surface area contributed by atoms with Crippen molar-refractivity contribution in [1.82, 2.24) is 9.97 Å². The van der Waals surface area contributed by atoms with Crippen LogP contribution in [0, 0.1) is 0 Å². The van der Waals surface area contributed by atoms with E-state index in [1.165, 1.54) is 19.5 Å². The average molecular weight is 242 g/mol. The minimum Gasteiger partial charge on any atom is -0.479 e. The van der Waals surface area contributed by atoms with Crippen LogP contribution < -0.4 is 4.74 Å². The summed E-state index contributed by atoms with van der Waals surface area (Å²) < 4.78 is 5.07. The summed E-state index contributed by atoms with van der Waals surface area (Å²) in [5.74, 6) is 0.103. The highest BCUT2D eigenvalue weighted by atomic mass is 16.5. The molecule has 0 saturated heterocycles. The van der Waals surface area contributed by atoms with Crippen LogP contribution in [0.3, 0.4) is 0 Å². The van der Waals surface area contributed by atoms with Crippen molar-refractivity contribution in [3.8, 4) is 5.88 Å². The van der Waals surface area contributed by atoms with Crippen LogP contribution in [0.2, 0.25) is 0 Å². The second-order valence-corrected chi connectivity index (χ2v) is 3.75. The smallest absolute Gasteiger partial charge is 0.243 e. The Balaban J connectivity index is 2.48. The highest BCUT2D eigenvalue weighted by Crippen LogP contribution is 2.19. The molecule has 0 unspecified atom stereocenters. The molecule has 1 heterocycles. The third-order valence-corrected chi connectivity index (χ3v) is 2.72. The first-order valence-corrected chi connectivity index (χ1v) is 5.75. The van der Waals surface area contributed by atoms with Crippen LogP contribution in [0.5, 0.6) is 5.88 Å². The number of hydrogen-bond donors (Lipinski definition) is 0. The largest absolute Gasteiger partial charge is 0.479 e.